The molecule has 1 aromatic carbocycles. The number of Topliss-reactive ketones (excluding diaryl/α,β-unsaturated/α-hetero) is 1. The van der Waals surface area contributed by atoms with Gasteiger partial charge in [0.05, 0.1) is 17.2 Å². The van der Waals surface area contributed by atoms with Crippen molar-refractivity contribution in [3.8, 4) is 5.75 Å². The first-order chi connectivity index (χ1) is 7.49. The second-order valence-electron chi connectivity index (χ2n) is 3.13. The Morgan fingerprint density at radius 3 is 2.56 bits per heavy atom. The Kier molecular flexibility index (Phi) is 4.24. The summed E-state index contributed by atoms with van der Waals surface area (Å²) in [6.07, 6.45) is -2.73. The summed E-state index contributed by atoms with van der Waals surface area (Å²) in [5.41, 5.74) is -0.482. The van der Waals surface area contributed by atoms with Crippen LogP contribution in [0.15, 0.2) is 12.1 Å². The number of carbonyl (C=O) groups excluding carboxylic acids is 1. The predicted octanol–water partition coefficient (Wildman–Crippen LogP) is 3.88. The SMILES string of the molecule is CCOc1c(Cl)ccc(C(F)F)c1C(C)=O. The molecule has 0 amide bonds. The van der Waals surface area contributed by atoms with Crippen molar-refractivity contribution in [2.45, 2.75) is 20.3 Å². The Morgan fingerprint density at radius 2 is 2.12 bits per heavy atom. The smallest absolute Gasteiger partial charge is 0.264 e. The fourth-order valence-electron chi connectivity index (χ4n) is 1.40. The maximum atomic E-state index is 12.7. The zero-order chi connectivity index (χ0) is 12.3. The summed E-state index contributed by atoms with van der Waals surface area (Å²) in [6.45, 7) is 3.15. The summed E-state index contributed by atoms with van der Waals surface area (Å²) in [4.78, 5) is 11.3. The van der Waals surface area contributed by atoms with Crippen molar-refractivity contribution in [2.75, 3.05) is 6.61 Å². The van der Waals surface area contributed by atoms with Gasteiger partial charge >= 0.3 is 0 Å². The molecule has 5 heteroatoms. The van der Waals surface area contributed by atoms with Crippen LogP contribution in [0.5, 0.6) is 5.75 Å². The summed E-state index contributed by atoms with van der Waals surface area (Å²) in [6, 6.07) is 2.45. The largest absolute Gasteiger partial charge is 0.492 e. The van der Waals surface area contributed by atoms with Gasteiger partial charge in [-0.15, -0.1) is 0 Å². The normalized spacial score (nSPS) is 10.6. The molecule has 0 aliphatic rings. The Hall–Kier alpha value is -1.16. The number of alkyl halides is 2. The predicted molar refractivity (Wildman–Crippen MR) is 57.6 cm³/mol. The highest BCUT2D eigenvalue weighted by Crippen LogP contribution is 2.36. The number of hydrogen-bond donors (Lipinski definition) is 0. The molecule has 2 nitrogen and oxygen atoms in total. The molecule has 0 aliphatic heterocycles. The van der Waals surface area contributed by atoms with Crippen molar-refractivity contribution in [1.29, 1.82) is 0 Å². The molecule has 0 unspecified atom stereocenters. The number of halogens is 3. The van der Waals surface area contributed by atoms with E-state index in [1.54, 1.807) is 6.92 Å². The summed E-state index contributed by atoms with van der Waals surface area (Å²) < 4.78 is 30.5. The van der Waals surface area contributed by atoms with Gasteiger partial charge in [-0.25, -0.2) is 8.78 Å². The Balaban J connectivity index is 3.43. The number of ketones is 1. The molecule has 0 atom stereocenters. The molecular formula is C11H11ClF2O2. The number of ether oxygens (including phenoxy) is 1. The zero-order valence-electron chi connectivity index (χ0n) is 8.89. The van der Waals surface area contributed by atoms with Gasteiger partial charge in [0, 0.05) is 5.56 Å². The molecule has 0 spiro atoms. The minimum Gasteiger partial charge on any atom is -0.492 e. The molecule has 88 valence electrons. The van der Waals surface area contributed by atoms with Crippen molar-refractivity contribution in [3.05, 3.63) is 28.3 Å². The quantitative estimate of drug-likeness (QED) is 0.756. The van der Waals surface area contributed by atoms with E-state index < -0.39 is 12.2 Å². The van der Waals surface area contributed by atoms with Crippen molar-refractivity contribution < 1.29 is 18.3 Å². The van der Waals surface area contributed by atoms with Gasteiger partial charge in [-0.1, -0.05) is 17.7 Å². The molecule has 0 fully saturated rings. The van der Waals surface area contributed by atoms with Crippen molar-refractivity contribution >= 4 is 17.4 Å². The second-order valence-corrected chi connectivity index (χ2v) is 3.54. The van der Waals surface area contributed by atoms with Crippen molar-refractivity contribution in [2.24, 2.45) is 0 Å². The Bertz CT molecular complexity index is 405. The molecule has 0 saturated heterocycles. The van der Waals surface area contributed by atoms with Crippen molar-refractivity contribution in [3.63, 3.8) is 0 Å². The summed E-state index contributed by atoms with van der Waals surface area (Å²) >= 11 is 5.81. The third-order valence-corrected chi connectivity index (χ3v) is 2.32. The van der Waals surface area contributed by atoms with Crippen LogP contribution in [0.4, 0.5) is 8.78 Å². The lowest BCUT2D eigenvalue weighted by Crippen LogP contribution is -2.06. The van der Waals surface area contributed by atoms with Gasteiger partial charge in [-0.3, -0.25) is 4.79 Å². The van der Waals surface area contributed by atoms with E-state index in [0.29, 0.717) is 0 Å². The number of benzene rings is 1. The first-order valence-corrected chi connectivity index (χ1v) is 5.11. The minimum atomic E-state index is -2.73. The maximum Gasteiger partial charge on any atom is 0.264 e. The summed E-state index contributed by atoms with van der Waals surface area (Å²) in [5.74, 6) is -0.448. The lowest BCUT2D eigenvalue weighted by Gasteiger charge is -2.13. The van der Waals surface area contributed by atoms with E-state index in [2.05, 4.69) is 0 Å². The van der Waals surface area contributed by atoms with Crippen LogP contribution in [0.2, 0.25) is 5.02 Å². The van der Waals surface area contributed by atoms with Crippen LogP contribution in [-0.2, 0) is 0 Å². The van der Waals surface area contributed by atoms with Gasteiger partial charge in [0.15, 0.2) is 5.78 Å². The van der Waals surface area contributed by atoms with Gasteiger partial charge in [0.1, 0.15) is 5.75 Å². The third kappa shape index (κ3) is 2.50. The third-order valence-electron chi connectivity index (χ3n) is 2.02. The van der Waals surface area contributed by atoms with E-state index >= 15 is 0 Å². The molecular weight excluding hydrogens is 238 g/mol. The zero-order valence-corrected chi connectivity index (χ0v) is 9.65. The highest BCUT2D eigenvalue weighted by molar-refractivity contribution is 6.32. The van der Waals surface area contributed by atoms with Gasteiger partial charge in [0.25, 0.3) is 6.43 Å². The van der Waals surface area contributed by atoms with E-state index in [0.717, 1.165) is 6.07 Å². The first kappa shape index (κ1) is 12.9. The standard InChI is InChI=1S/C11H11ClF2O2/c1-3-16-10-8(12)5-4-7(11(13)14)9(10)6(2)15/h4-5,11H,3H2,1-2H3. The lowest BCUT2D eigenvalue weighted by molar-refractivity contribution is 0.0994. The van der Waals surface area contributed by atoms with Gasteiger partial charge in [-0.05, 0) is 19.9 Å². The number of hydrogen-bond acceptors (Lipinski definition) is 2. The highest BCUT2D eigenvalue weighted by Gasteiger charge is 2.22. The highest BCUT2D eigenvalue weighted by atomic mass is 35.5. The molecule has 0 N–H and O–H groups in total. The van der Waals surface area contributed by atoms with Gasteiger partial charge < -0.3 is 4.74 Å². The first-order valence-electron chi connectivity index (χ1n) is 4.73. The van der Waals surface area contributed by atoms with E-state index in [-0.39, 0.29) is 28.5 Å². The van der Waals surface area contributed by atoms with E-state index in [1.807, 2.05) is 0 Å². The molecule has 0 bridgehead atoms. The maximum absolute atomic E-state index is 12.7. The van der Waals surface area contributed by atoms with Crippen molar-refractivity contribution in [1.82, 2.24) is 0 Å². The molecule has 0 radical (unpaired) electrons. The molecule has 0 saturated carbocycles. The molecule has 1 rings (SSSR count). The monoisotopic (exact) mass is 248 g/mol. The molecule has 0 heterocycles. The fraction of sp³-hybridized carbons (Fsp3) is 0.364. The molecule has 1 aromatic rings. The van der Waals surface area contributed by atoms with Crippen LogP contribution < -0.4 is 4.74 Å². The molecule has 16 heavy (non-hydrogen) atoms. The molecule has 0 aliphatic carbocycles. The van der Waals surface area contributed by atoms with E-state index in [9.17, 15) is 13.6 Å². The van der Waals surface area contributed by atoms with Crippen LogP contribution in [0.1, 0.15) is 36.2 Å². The molecule has 0 aromatic heterocycles. The Labute approximate surface area is 97.2 Å². The second kappa shape index (κ2) is 5.25. The number of rotatable bonds is 4. The fourth-order valence-corrected chi connectivity index (χ4v) is 1.61. The van der Waals surface area contributed by atoms with Crippen LogP contribution >= 0.6 is 11.6 Å². The average molecular weight is 249 g/mol. The lowest BCUT2D eigenvalue weighted by atomic mass is 10.0. The topological polar surface area (TPSA) is 26.3 Å². The van der Waals surface area contributed by atoms with E-state index in [1.165, 1.54) is 13.0 Å². The number of carbonyl (C=O) groups is 1. The van der Waals surface area contributed by atoms with Crippen LogP contribution in [0.3, 0.4) is 0 Å². The Morgan fingerprint density at radius 1 is 1.50 bits per heavy atom. The van der Waals surface area contributed by atoms with Gasteiger partial charge in [-0.2, -0.15) is 0 Å². The summed E-state index contributed by atoms with van der Waals surface area (Å²) in [5, 5.41) is 0.163. The van der Waals surface area contributed by atoms with Crippen LogP contribution in [-0.4, -0.2) is 12.4 Å². The van der Waals surface area contributed by atoms with Crippen LogP contribution in [0.25, 0.3) is 0 Å². The summed E-state index contributed by atoms with van der Waals surface area (Å²) in [7, 11) is 0. The average Bonchev–Trinajstić information content (AvgIpc) is 2.20. The van der Waals surface area contributed by atoms with Gasteiger partial charge in [0.2, 0.25) is 0 Å². The van der Waals surface area contributed by atoms with E-state index in [4.69, 9.17) is 16.3 Å². The van der Waals surface area contributed by atoms with Crippen LogP contribution in [0, 0.1) is 0 Å². The minimum absolute atomic E-state index is 0.0365.